The highest BCUT2D eigenvalue weighted by molar-refractivity contribution is 9.10. The molecule has 0 saturated carbocycles. The summed E-state index contributed by atoms with van der Waals surface area (Å²) >= 11 is 3.27. The Morgan fingerprint density at radius 2 is 2.35 bits per heavy atom. The van der Waals surface area contributed by atoms with Crippen LogP contribution in [-0.4, -0.2) is 17.0 Å². The molecular weight excluding hydrogens is 285 g/mol. The molecule has 17 heavy (non-hydrogen) atoms. The van der Waals surface area contributed by atoms with Crippen LogP contribution < -0.4 is 5.32 Å². The highest BCUT2D eigenvalue weighted by atomic mass is 79.9. The van der Waals surface area contributed by atoms with Crippen molar-refractivity contribution in [1.82, 2.24) is 15.3 Å². The van der Waals surface area contributed by atoms with Gasteiger partial charge in [0, 0.05) is 12.4 Å². The van der Waals surface area contributed by atoms with E-state index in [9.17, 15) is 4.39 Å². The average Bonchev–Trinajstić information content (AvgIpc) is 2.85. The third-order valence-electron chi connectivity index (χ3n) is 2.65. The largest absolute Gasteiger partial charge is 0.347 e. The van der Waals surface area contributed by atoms with Crippen LogP contribution in [0.2, 0.25) is 0 Å². The van der Waals surface area contributed by atoms with E-state index in [-0.39, 0.29) is 11.9 Å². The van der Waals surface area contributed by atoms with Crippen molar-refractivity contribution < 1.29 is 4.39 Å². The monoisotopic (exact) mass is 297 g/mol. The molecule has 90 valence electrons. The second kappa shape index (κ2) is 5.42. The van der Waals surface area contributed by atoms with Crippen LogP contribution in [0.4, 0.5) is 4.39 Å². The normalized spacial score (nSPS) is 12.6. The van der Waals surface area contributed by atoms with E-state index in [0.717, 1.165) is 11.4 Å². The van der Waals surface area contributed by atoms with E-state index >= 15 is 0 Å². The molecule has 1 aromatic heterocycles. The van der Waals surface area contributed by atoms with E-state index in [1.165, 1.54) is 6.07 Å². The van der Waals surface area contributed by atoms with Crippen LogP contribution in [-0.2, 0) is 6.42 Å². The molecule has 0 fully saturated rings. The highest BCUT2D eigenvalue weighted by Crippen LogP contribution is 2.24. The molecule has 0 spiro atoms. The molecule has 3 nitrogen and oxygen atoms in total. The average molecular weight is 298 g/mol. The number of hydrogen-bond acceptors (Lipinski definition) is 2. The van der Waals surface area contributed by atoms with E-state index in [0.29, 0.717) is 10.9 Å². The number of likely N-dealkylation sites (N-methyl/N-ethyl adjacent to an activating group) is 1. The van der Waals surface area contributed by atoms with E-state index < -0.39 is 0 Å². The van der Waals surface area contributed by atoms with Crippen molar-refractivity contribution in [3.05, 3.63) is 52.3 Å². The predicted molar refractivity (Wildman–Crippen MR) is 68.2 cm³/mol. The summed E-state index contributed by atoms with van der Waals surface area (Å²) in [6.45, 7) is 0. The molecule has 1 atom stereocenters. The number of hydrogen-bond donors (Lipinski definition) is 2. The van der Waals surface area contributed by atoms with Crippen LogP contribution in [0.3, 0.4) is 0 Å². The highest BCUT2D eigenvalue weighted by Gasteiger charge is 2.15. The Hall–Kier alpha value is -1.20. The lowest BCUT2D eigenvalue weighted by Crippen LogP contribution is -2.20. The zero-order valence-electron chi connectivity index (χ0n) is 9.37. The molecule has 0 aliphatic carbocycles. The van der Waals surface area contributed by atoms with Gasteiger partial charge in [-0.3, -0.25) is 0 Å². The minimum atomic E-state index is -0.239. The first-order valence-corrected chi connectivity index (χ1v) is 6.11. The molecule has 2 rings (SSSR count). The summed E-state index contributed by atoms with van der Waals surface area (Å²) in [5.41, 5.74) is 0.917. The Morgan fingerprint density at radius 3 is 3.00 bits per heavy atom. The number of H-pyrrole nitrogens is 1. The molecular formula is C12H13BrFN3. The summed E-state index contributed by atoms with van der Waals surface area (Å²) in [5.74, 6) is 0.612. The van der Waals surface area contributed by atoms with Gasteiger partial charge in [-0.25, -0.2) is 9.37 Å². The van der Waals surface area contributed by atoms with Gasteiger partial charge < -0.3 is 10.3 Å². The van der Waals surface area contributed by atoms with Crippen molar-refractivity contribution in [1.29, 1.82) is 0 Å². The number of nitrogens with one attached hydrogen (secondary N) is 2. The summed E-state index contributed by atoms with van der Waals surface area (Å²) in [6, 6.07) is 5.10. The quantitative estimate of drug-likeness (QED) is 0.911. The zero-order valence-corrected chi connectivity index (χ0v) is 11.0. The Kier molecular flexibility index (Phi) is 3.91. The third kappa shape index (κ3) is 2.73. The maximum atomic E-state index is 13.4. The van der Waals surface area contributed by atoms with E-state index in [2.05, 4.69) is 31.2 Å². The van der Waals surface area contributed by atoms with Crippen LogP contribution in [0.5, 0.6) is 0 Å². The first-order valence-electron chi connectivity index (χ1n) is 5.31. The Labute approximate surface area is 108 Å². The SMILES string of the molecule is CNC(Cc1cccc(F)c1Br)c1ncc[nH]1. The van der Waals surface area contributed by atoms with E-state index in [4.69, 9.17) is 0 Å². The maximum Gasteiger partial charge on any atom is 0.137 e. The van der Waals surface area contributed by atoms with Gasteiger partial charge in [-0.15, -0.1) is 0 Å². The number of nitrogens with zero attached hydrogens (tertiary/aromatic N) is 1. The first kappa shape index (κ1) is 12.3. The van der Waals surface area contributed by atoms with Gasteiger partial charge in [-0.05, 0) is 41.0 Å². The van der Waals surface area contributed by atoms with Crippen molar-refractivity contribution in [2.75, 3.05) is 7.05 Å². The second-order valence-corrected chi connectivity index (χ2v) is 4.53. The van der Waals surface area contributed by atoms with Gasteiger partial charge in [0.25, 0.3) is 0 Å². The molecule has 0 radical (unpaired) electrons. The van der Waals surface area contributed by atoms with Gasteiger partial charge in [-0.1, -0.05) is 12.1 Å². The number of halogens is 2. The van der Waals surface area contributed by atoms with Crippen molar-refractivity contribution in [3.8, 4) is 0 Å². The molecule has 0 aliphatic rings. The fourth-order valence-corrected chi connectivity index (χ4v) is 2.16. The molecule has 0 amide bonds. The lowest BCUT2D eigenvalue weighted by Gasteiger charge is -2.14. The summed E-state index contributed by atoms with van der Waals surface area (Å²) < 4.78 is 13.9. The molecule has 2 N–H and O–H groups in total. The Morgan fingerprint density at radius 1 is 1.53 bits per heavy atom. The van der Waals surface area contributed by atoms with Gasteiger partial charge in [0.05, 0.1) is 10.5 Å². The van der Waals surface area contributed by atoms with Gasteiger partial charge in [0.1, 0.15) is 11.6 Å². The fourth-order valence-electron chi connectivity index (χ4n) is 1.73. The molecule has 2 aromatic rings. The number of imidazole rings is 1. The molecule has 0 saturated heterocycles. The first-order chi connectivity index (χ1) is 8.22. The fraction of sp³-hybridized carbons (Fsp3) is 0.250. The Bertz CT molecular complexity index is 485. The van der Waals surface area contributed by atoms with Crippen LogP contribution in [0.25, 0.3) is 0 Å². The number of benzene rings is 1. The van der Waals surface area contributed by atoms with E-state index in [1.807, 2.05) is 13.1 Å². The van der Waals surface area contributed by atoms with Gasteiger partial charge in [-0.2, -0.15) is 0 Å². The van der Waals surface area contributed by atoms with Crippen molar-refractivity contribution in [3.63, 3.8) is 0 Å². The van der Waals surface area contributed by atoms with E-state index in [1.54, 1.807) is 18.5 Å². The van der Waals surface area contributed by atoms with Crippen LogP contribution in [0.15, 0.2) is 35.1 Å². The summed E-state index contributed by atoms with van der Waals surface area (Å²) in [6.07, 6.45) is 4.16. The summed E-state index contributed by atoms with van der Waals surface area (Å²) in [5, 5.41) is 3.16. The van der Waals surface area contributed by atoms with Gasteiger partial charge in [0.2, 0.25) is 0 Å². The lowest BCUT2D eigenvalue weighted by molar-refractivity contribution is 0.556. The van der Waals surface area contributed by atoms with Gasteiger partial charge in [0.15, 0.2) is 0 Å². The van der Waals surface area contributed by atoms with Crippen LogP contribution >= 0.6 is 15.9 Å². The number of aromatic amines is 1. The topological polar surface area (TPSA) is 40.7 Å². The van der Waals surface area contributed by atoms with Gasteiger partial charge >= 0.3 is 0 Å². The molecule has 0 bridgehead atoms. The van der Waals surface area contributed by atoms with Crippen molar-refractivity contribution in [2.45, 2.75) is 12.5 Å². The minimum Gasteiger partial charge on any atom is -0.347 e. The van der Waals surface area contributed by atoms with Crippen molar-refractivity contribution >= 4 is 15.9 Å². The third-order valence-corrected chi connectivity index (χ3v) is 3.54. The molecule has 1 heterocycles. The summed E-state index contributed by atoms with van der Waals surface area (Å²) in [7, 11) is 1.86. The molecule has 0 aliphatic heterocycles. The summed E-state index contributed by atoms with van der Waals surface area (Å²) in [4.78, 5) is 7.27. The minimum absolute atomic E-state index is 0.0445. The predicted octanol–water partition coefficient (Wildman–Crippen LogP) is 2.81. The van der Waals surface area contributed by atoms with Crippen molar-refractivity contribution in [2.24, 2.45) is 0 Å². The van der Waals surface area contributed by atoms with Crippen LogP contribution in [0, 0.1) is 5.82 Å². The smallest absolute Gasteiger partial charge is 0.137 e. The maximum absolute atomic E-state index is 13.4. The number of rotatable bonds is 4. The second-order valence-electron chi connectivity index (χ2n) is 3.73. The standard InChI is InChI=1S/C12H13BrFN3/c1-15-10(12-16-5-6-17-12)7-8-3-2-4-9(14)11(8)13/h2-6,10,15H,7H2,1H3,(H,16,17). The Balaban J connectivity index is 2.22. The zero-order chi connectivity index (χ0) is 12.3. The molecule has 1 aromatic carbocycles. The molecule has 5 heteroatoms. The number of aromatic nitrogens is 2. The lowest BCUT2D eigenvalue weighted by atomic mass is 10.1. The molecule has 1 unspecified atom stereocenters. The van der Waals surface area contributed by atoms with Crippen LogP contribution in [0.1, 0.15) is 17.4 Å².